The number of aliphatic imine (C=N–C) groups is 1. The van der Waals surface area contributed by atoms with Gasteiger partial charge in [0.1, 0.15) is 5.75 Å². The molecule has 2 aromatic rings. The molecule has 2 rings (SSSR count). The van der Waals surface area contributed by atoms with E-state index in [4.69, 9.17) is 9.73 Å². The number of methoxy groups -OCH3 is 1. The van der Waals surface area contributed by atoms with E-state index in [1.54, 1.807) is 18.4 Å². The summed E-state index contributed by atoms with van der Waals surface area (Å²) in [5.41, 5.74) is 1.14. The van der Waals surface area contributed by atoms with E-state index in [9.17, 15) is 0 Å². The second-order valence-corrected chi connectivity index (χ2v) is 8.17. The van der Waals surface area contributed by atoms with Gasteiger partial charge in [-0.2, -0.15) is 0 Å². The van der Waals surface area contributed by atoms with Crippen LogP contribution in [0.2, 0.25) is 0 Å². The first-order chi connectivity index (χ1) is 12.4. The summed E-state index contributed by atoms with van der Waals surface area (Å²) in [6, 6.07) is 8.21. The minimum Gasteiger partial charge on any atom is -0.497 e. The van der Waals surface area contributed by atoms with Gasteiger partial charge in [-0.25, -0.2) is 4.98 Å². The van der Waals surface area contributed by atoms with Crippen LogP contribution >= 0.6 is 35.3 Å². The van der Waals surface area contributed by atoms with Gasteiger partial charge in [0.15, 0.2) is 5.96 Å². The van der Waals surface area contributed by atoms with Crippen molar-refractivity contribution in [1.29, 1.82) is 0 Å². The first kappa shape index (κ1) is 23.7. The van der Waals surface area contributed by atoms with Crippen molar-refractivity contribution in [3.8, 4) is 5.75 Å². The Morgan fingerprint density at radius 1 is 1.30 bits per heavy atom. The Morgan fingerprint density at radius 2 is 2.07 bits per heavy atom. The molecule has 7 heteroatoms. The Balaban J connectivity index is 0.00000364. The summed E-state index contributed by atoms with van der Waals surface area (Å²) in [6.07, 6.45) is 2.83. The third-order valence-electron chi connectivity index (χ3n) is 4.13. The average molecular weight is 502 g/mol. The first-order valence-corrected chi connectivity index (χ1v) is 9.84. The second kappa shape index (κ2) is 11.5. The summed E-state index contributed by atoms with van der Waals surface area (Å²) in [5.74, 6) is 1.72. The van der Waals surface area contributed by atoms with Crippen LogP contribution in [0.25, 0.3) is 0 Å². The van der Waals surface area contributed by atoms with Gasteiger partial charge in [0, 0.05) is 36.0 Å². The van der Waals surface area contributed by atoms with Crippen molar-refractivity contribution in [3.05, 3.63) is 45.9 Å². The standard InChI is InChI=1S/C20H30N4OS.HI/c1-6-21-19(22-11-10-18-23-13-15(2)26-18)24-14-20(3,4)16-8-7-9-17(12-16)25-5;/h7-9,12-13H,6,10-11,14H2,1-5H3,(H2,21,22,24);1H. The van der Waals surface area contributed by atoms with E-state index in [0.29, 0.717) is 6.54 Å². The summed E-state index contributed by atoms with van der Waals surface area (Å²) < 4.78 is 5.35. The molecule has 1 heterocycles. The van der Waals surface area contributed by atoms with Gasteiger partial charge in [0.05, 0.1) is 18.7 Å². The third kappa shape index (κ3) is 7.65. The maximum absolute atomic E-state index is 5.35. The van der Waals surface area contributed by atoms with Crippen LogP contribution in [0.1, 0.15) is 36.2 Å². The number of hydrogen-bond donors (Lipinski definition) is 2. The lowest BCUT2D eigenvalue weighted by Crippen LogP contribution is -2.39. The van der Waals surface area contributed by atoms with Crippen molar-refractivity contribution < 1.29 is 4.74 Å². The van der Waals surface area contributed by atoms with Crippen molar-refractivity contribution in [1.82, 2.24) is 15.6 Å². The predicted molar refractivity (Wildman–Crippen MR) is 126 cm³/mol. The van der Waals surface area contributed by atoms with Crippen LogP contribution in [0.3, 0.4) is 0 Å². The third-order valence-corrected chi connectivity index (χ3v) is 5.10. The summed E-state index contributed by atoms with van der Waals surface area (Å²) in [7, 11) is 1.70. The van der Waals surface area contributed by atoms with Gasteiger partial charge in [-0.15, -0.1) is 35.3 Å². The molecule has 5 nitrogen and oxygen atoms in total. The van der Waals surface area contributed by atoms with E-state index in [-0.39, 0.29) is 29.4 Å². The molecule has 0 saturated heterocycles. The summed E-state index contributed by atoms with van der Waals surface area (Å²) in [4.78, 5) is 10.4. The van der Waals surface area contributed by atoms with Crippen LogP contribution in [0.5, 0.6) is 5.75 Å². The number of hydrogen-bond acceptors (Lipinski definition) is 4. The highest BCUT2D eigenvalue weighted by atomic mass is 127. The Morgan fingerprint density at radius 3 is 2.70 bits per heavy atom. The van der Waals surface area contributed by atoms with Gasteiger partial charge in [-0.3, -0.25) is 4.99 Å². The zero-order valence-electron chi connectivity index (χ0n) is 16.8. The topological polar surface area (TPSA) is 58.5 Å². The molecule has 0 aliphatic heterocycles. The van der Waals surface area contributed by atoms with Crippen LogP contribution in [-0.2, 0) is 11.8 Å². The highest BCUT2D eigenvalue weighted by Gasteiger charge is 2.21. The van der Waals surface area contributed by atoms with Gasteiger partial charge in [0.25, 0.3) is 0 Å². The Bertz CT molecular complexity index is 730. The van der Waals surface area contributed by atoms with E-state index < -0.39 is 0 Å². The molecule has 0 aliphatic rings. The lowest BCUT2D eigenvalue weighted by Gasteiger charge is -2.24. The molecule has 2 N–H and O–H groups in total. The van der Waals surface area contributed by atoms with E-state index in [0.717, 1.165) is 36.2 Å². The number of aryl methyl sites for hydroxylation is 1. The van der Waals surface area contributed by atoms with Gasteiger partial charge in [-0.1, -0.05) is 26.0 Å². The largest absolute Gasteiger partial charge is 0.497 e. The van der Waals surface area contributed by atoms with Gasteiger partial charge in [-0.05, 0) is 31.5 Å². The molecule has 0 atom stereocenters. The molecule has 0 bridgehead atoms. The molecule has 27 heavy (non-hydrogen) atoms. The Kier molecular flexibility index (Phi) is 10.1. The maximum atomic E-state index is 5.35. The number of nitrogens with one attached hydrogen (secondary N) is 2. The second-order valence-electron chi connectivity index (χ2n) is 6.85. The van der Waals surface area contributed by atoms with E-state index in [1.807, 2.05) is 18.3 Å². The molecule has 0 radical (unpaired) electrons. The van der Waals surface area contributed by atoms with E-state index >= 15 is 0 Å². The average Bonchev–Trinajstić information content (AvgIpc) is 3.05. The minimum atomic E-state index is -0.0800. The molecule has 150 valence electrons. The molecular weight excluding hydrogens is 471 g/mol. The first-order valence-electron chi connectivity index (χ1n) is 9.02. The maximum Gasteiger partial charge on any atom is 0.191 e. The van der Waals surface area contributed by atoms with Crippen molar-refractivity contribution in [3.63, 3.8) is 0 Å². The van der Waals surface area contributed by atoms with Crippen LogP contribution in [0.4, 0.5) is 0 Å². The number of thiazole rings is 1. The molecule has 0 amide bonds. The monoisotopic (exact) mass is 502 g/mol. The molecule has 1 aromatic carbocycles. The zero-order chi connectivity index (χ0) is 19.0. The smallest absolute Gasteiger partial charge is 0.191 e. The Hall–Kier alpha value is -1.35. The van der Waals surface area contributed by atoms with Gasteiger partial charge in [0.2, 0.25) is 0 Å². The molecule has 0 saturated carbocycles. The van der Waals surface area contributed by atoms with Crippen molar-refractivity contribution in [2.75, 3.05) is 26.7 Å². The fraction of sp³-hybridized carbons (Fsp3) is 0.500. The molecule has 0 spiro atoms. The number of aromatic nitrogens is 1. The zero-order valence-corrected chi connectivity index (χ0v) is 20.0. The predicted octanol–water partition coefficient (Wildman–Crippen LogP) is 4.15. The number of halogens is 1. The molecule has 1 aromatic heterocycles. The summed E-state index contributed by atoms with van der Waals surface area (Å²) in [5, 5.41) is 7.88. The number of benzene rings is 1. The molecular formula is C20H31IN4OS. The van der Waals surface area contributed by atoms with Gasteiger partial charge < -0.3 is 15.4 Å². The van der Waals surface area contributed by atoms with Crippen LogP contribution < -0.4 is 15.4 Å². The van der Waals surface area contributed by atoms with Crippen LogP contribution in [0.15, 0.2) is 35.5 Å². The lowest BCUT2D eigenvalue weighted by atomic mass is 9.85. The number of guanidine groups is 1. The van der Waals surface area contributed by atoms with Crippen molar-refractivity contribution in [2.24, 2.45) is 4.99 Å². The normalized spacial score (nSPS) is 11.7. The minimum absolute atomic E-state index is 0. The molecule has 0 aliphatic carbocycles. The van der Waals surface area contributed by atoms with Gasteiger partial charge >= 0.3 is 0 Å². The van der Waals surface area contributed by atoms with Crippen molar-refractivity contribution in [2.45, 2.75) is 39.5 Å². The number of nitrogens with zero attached hydrogens (tertiary/aromatic N) is 2. The van der Waals surface area contributed by atoms with E-state index in [1.165, 1.54) is 10.4 Å². The fourth-order valence-corrected chi connectivity index (χ4v) is 3.35. The number of rotatable bonds is 8. The fourth-order valence-electron chi connectivity index (χ4n) is 2.56. The quantitative estimate of drug-likeness (QED) is 0.324. The molecule has 0 fully saturated rings. The Labute approximate surface area is 184 Å². The van der Waals surface area contributed by atoms with E-state index in [2.05, 4.69) is 55.4 Å². The SMILES string of the molecule is CCNC(=NCC(C)(C)c1cccc(OC)c1)NCCc1ncc(C)s1.I. The molecule has 0 unspecified atom stereocenters. The highest BCUT2D eigenvalue weighted by Crippen LogP contribution is 2.26. The highest BCUT2D eigenvalue weighted by molar-refractivity contribution is 14.0. The van der Waals surface area contributed by atoms with Crippen LogP contribution in [-0.4, -0.2) is 37.7 Å². The summed E-state index contributed by atoms with van der Waals surface area (Å²) >= 11 is 1.75. The number of ether oxygens (including phenoxy) is 1. The van der Waals surface area contributed by atoms with Crippen LogP contribution in [0, 0.1) is 6.92 Å². The van der Waals surface area contributed by atoms with Crippen molar-refractivity contribution >= 4 is 41.3 Å². The summed E-state index contributed by atoms with van der Waals surface area (Å²) in [6.45, 7) is 10.9. The lowest BCUT2D eigenvalue weighted by molar-refractivity contribution is 0.412.